The fourth-order valence-corrected chi connectivity index (χ4v) is 2.19. The van der Waals surface area contributed by atoms with Crippen LogP contribution in [0.25, 0.3) is 0 Å². The van der Waals surface area contributed by atoms with Gasteiger partial charge in [-0.2, -0.15) is 5.10 Å². The molecule has 0 bridgehead atoms. The molecule has 1 N–H and O–H groups in total. The summed E-state index contributed by atoms with van der Waals surface area (Å²) in [5.41, 5.74) is 5.54. The predicted molar refractivity (Wildman–Crippen MR) is 96.9 cm³/mol. The molecular weight excluding hydrogens is 333 g/mol. The van der Waals surface area contributed by atoms with Gasteiger partial charge in [0, 0.05) is 25.3 Å². The van der Waals surface area contributed by atoms with Crippen molar-refractivity contribution in [1.82, 2.24) is 5.43 Å². The Morgan fingerprint density at radius 3 is 2.17 bits per heavy atom. The van der Waals surface area contributed by atoms with Crippen molar-refractivity contribution in [2.24, 2.45) is 5.10 Å². The van der Waals surface area contributed by atoms with Gasteiger partial charge < -0.3 is 4.90 Å². The van der Waals surface area contributed by atoms with E-state index in [0.29, 0.717) is 21.3 Å². The lowest BCUT2D eigenvalue weighted by molar-refractivity contribution is 0.0955. The Bertz CT molecular complexity index is 740. The van der Waals surface area contributed by atoms with Gasteiger partial charge in [0.15, 0.2) is 0 Å². The minimum atomic E-state index is -0.269. The number of anilines is 1. The summed E-state index contributed by atoms with van der Waals surface area (Å²) in [4.78, 5) is 14.1. The van der Waals surface area contributed by atoms with Crippen molar-refractivity contribution in [2.45, 2.75) is 6.92 Å². The maximum absolute atomic E-state index is 12.1. The molecule has 0 aliphatic rings. The van der Waals surface area contributed by atoms with Crippen LogP contribution in [0, 0.1) is 0 Å². The zero-order valence-electron chi connectivity index (χ0n) is 13.1. The number of hydrogen-bond acceptors (Lipinski definition) is 3. The fraction of sp³-hybridized carbons (Fsp3) is 0.176. The molecule has 0 saturated carbocycles. The number of hydrazone groups is 1. The van der Waals surface area contributed by atoms with E-state index >= 15 is 0 Å². The van der Waals surface area contributed by atoms with Crippen LogP contribution in [-0.4, -0.2) is 25.7 Å². The highest BCUT2D eigenvalue weighted by molar-refractivity contribution is 6.42. The molecule has 0 atom stereocenters. The molecule has 0 unspecified atom stereocenters. The first-order chi connectivity index (χ1) is 10.9. The minimum Gasteiger partial charge on any atom is -0.378 e. The van der Waals surface area contributed by atoms with Crippen molar-refractivity contribution < 1.29 is 4.79 Å². The summed E-state index contributed by atoms with van der Waals surface area (Å²) in [5.74, 6) is -0.269. The largest absolute Gasteiger partial charge is 0.378 e. The maximum Gasteiger partial charge on any atom is 0.271 e. The number of amides is 1. The first-order valence-electron chi connectivity index (χ1n) is 6.96. The Morgan fingerprint density at radius 2 is 1.61 bits per heavy atom. The van der Waals surface area contributed by atoms with Crippen LogP contribution < -0.4 is 10.3 Å². The van der Waals surface area contributed by atoms with Crippen LogP contribution in [0.3, 0.4) is 0 Å². The molecule has 0 radical (unpaired) electrons. The van der Waals surface area contributed by atoms with E-state index in [1.165, 1.54) is 0 Å². The number of nitrogens with one attached hydrogen (secondary N) is 1. The molecule has 6 heteroatoms. The molecule has 4 nitrogen and oxygen atoms in total. The molecule has 0 fully saturated rings. The van der Waals surface area contributed by atoms with Gasteiger partial charge in [0.25, 0.3) is 5.91 Å². The zero-order chi connectivity index (χ0) is 17.0. The molecule has 120 valence electrons. The summed E-state index contributed by atoms with van der Waals surface area (Å²) in [6.45, 7) is 1.79. The van der Waals surface area contributed by atoms with Gasteiger partial charge in [-0.25, -0.2) is 5.43 Å². The summed E-state index contributed by atoms with van der Waals surface area (Å²) in [5, 5.41) is 5.03. The van der Waals surface area contributed by atoms with Gasteiger partial charge in [-0.1, -0.05) is 29.3 Å². The van der Waals surface area contributed by atoms with E-state index in [0.717, 1.165) is 11.3 Å². The van der Waals surface area contributed by atoms with Crippen LogP contribution in [0.15, 0.2) is 47.6 Å². The molecule has 0 spiro atoms. The Labute approximate surface area is 145 Å². The average Bonchev–Trinajstić information content (AvgIpc) is 2.54. The van der Waals surface area contributed by atoms with E-state index in [1.54, 1.807) is 37.3 Å². The topological polar surface area (TPSA) is 44.7 Å². The Kier molecular flexibility index (Phi) is 5.64. The number of benzene rings is 2. The normalized spacial score (nSPS) is 11.3. The quantitative estimate of drug-likeness (QED) is 0.663. The minimum absolute atomic E-state index is 0.269. The van der Waals surface area contributed by atoms with Crippen molar-refractivity contribution >= 4 is 40.5 Å². The van der Waals surface area contributed by atoms with Crippen LogP contribution in [0.2, 0.25) is 10.0 Å². The van der Waals surface area contributed by atoms with E-state index in [1.807, 2.05) is 31.1 Å². The van der Waals surface area contributed by atoms with Gasteiger partial charge in [0.2, 0.25) is 0 Å². The molecule has 0 aliphatic carbocycles. The molecule has 23 heavy (non-hydrogen) atoms. The number of halogens is 2. The number of rotatable bonds is 4. The summed E-state index contributed by atoms with van der Waals surface area (Å²) < 4.78 is 0. The summed E-state index contributed by atoms with van der Waals surface area (Å²) in [6, 6.07) is 12.5. The third-order valence-corrected chi connectivity index (χ3v) is 4.05. The van der Waals surface area contributed by atoms with E-state index in [9.17, 15) is 4.79 Å². The van der Waals surface area contributed by atoms with Gasteiger partial charge in [-0.3, -0.25) is 4.79 Å². The monoisotopic (exact) mass is 349 g/mol. The highest BCUT2D eigenvalue weighted by atomic mass is 35.5. The van der Waals surface area contributed by atoms with E-state index in [4.69, 9.17) is 23.2 Å². The second-order valence-electron chi connectivity index (χ2n) is 5.21. The molecule has 2 rings (SSSR count). The number of hydrogen-bond donors (Lipinski definition) is 1. The van der Waals surface area contributed by atoms with Gasteiger partial charge in [-0.15, -0.1) is 0 Å². The van der Waals surface area contributed by atoms with Gasteiger partial charge in [0.05, 0.1) is 15.8 Å². The standard InChI is InChI=1S/C17H17Cl2N3O/c1-11(13-6-9-15(18)16(19)10-13)20-21-17(23)12-4-7-14(8-5-12)22(2)3/h4-10H,1-3H3,(H,21,23). The highest BCUT2D eigenvalue weighted by Crippen LogP contribution is 2.22. The average molecular weight is 350 g/mol. The molecule has 0 heterocycles. The molecule has 2 aromatic rings. The Hall–Kier alpha value is -2.04. The summed E-state index contributed by atoms with van der Waals surface area (Å²) in [6.07, 6.45) is 0. The van der Waals surface area contributed by atoms with Crippen molar-refractivity contribution in [3.8, 4) is 0 Å². The van der Waals surface area contributed by atoms with Crippen LogP contribution in [-0.2, 0) is 0 Å². The first kappa shape index (κ1) is 17.3. The third kappa shape index (κ3) is 4.47. The maximum atomic E-state index is 12.1. The van der Waals surface area contributed by atoms with Crippen molar-refractivity contribution in [2.75, 3.05) is 19.0 Å². The SMILES string of the molecule is CC(=NNC(=O)c1ccc(N(C)C)cc1)c1ccc(Cl)c(Cl)c1. The first-order valence-corrected chi connectivity index (χ1v) is 7.71. The van der Waals surface area contributed by atoms with Gasteiger partial charge in [-0.05, 0) is 48.9 Å². The lowest BCUT2D eigenvalue weighted by atomic mass is 10.1. The number of carbonyl (C=O) groups excluding carboxylic acids is 1. The van der Waals surface area contributed by atoms with E-state index in [2.05, 4.69) is 10.5 Å². The van der Waals surface area contributed by atoms with Crippen LogP contribution in [0.5, 0.6) is 0 Å². The molecule has 0 aliphatic heterocycles. The highest BCUT2D eigenvalue weighted by Gasteiger charge is 2.06. The van der Waals surface area contributed by atoms with Crippen LogP contribution in [0.4, 0.5) is 5.69 Å². The second-order valence-corrected chi connectivity index (χ2v) is 6.02. The van der Waals surface area contributed by atoms with E-state index < -0.39 is 0 Å². The molecular formula is C17H17Cl2N3O. The lowest BCUT2D eigenvalue weighted by Gasteiger charge is -2.12. The second kappa shape index (κ2) is 7.49. The summed E-state index contributed by atoms with van der Waals surface area (Å²) >= 11 is 11.9. The van der Waals surface area contributed by atoms with Crippen LogP contribution >= 0.6 is 23.2 Å². The molecule has 0 aromatic heterocycles. The lowest BCUT2D eigenvalue weighted by Crippen LogP contribution is -2.19. The van der Waals surface area contributed by atoms with Crippen molar-refractivity contribution in [3.63, 3.8) is 0 Å². The number of nitrogens with zero attached hydrogens (tertiary/aromatic N) is 2. The molecule has 0 saturated heterocycles. The zero-order valence-corrected chi connectivity index (χ0v) is 14.6. The van der Waals surface area contributed by atoms with Crippen LogP contribution in [0.1, 0.15) is 22.8 Å². The Morgan fingerprint density at radius 1 is 1.00 bits per heavy atom. The van der Waals surface area contributed by atoms with Gasteiger partial charge in [0.1, 0.15) is 0 Å². The van der Waals surface area contributed by atoms with Gasteiger partial charge >= 0.3 is 0 Å². The smallest absolute Gasteiger partial charge is 0.271 e. The fourth-order valence-electron chi connectivity index (χ4n) is 1.90. The molecule has 1 amide bonds. The van der Waals surface area contributed by atoms with Crippen molar-refractivity contribution in [3.05, 3.63) is 63.6 Å². The predicted octanol–water partition coefficient (Wildman–Crippen LogP) is 4.21. The summed E-state index contributed by atoms with van der Waals surface area (Å²) in [7, 11) is 3.89. The Balaban J connectivity index is 2.08. The van der Waals surface area contributed by atoms with E-state index in [-0.39, 0.29) is 5.91 Å². The van der Waals surface area contributed by atoms with Crippen molar-refractivity contribution in [1.29, 1.82) is 0 Å². The number of carbonyl (C=O) groups is 1. The molecule has 2 aromatic carbocycles. The third-order valence-electron chi connectivity index (χ3n) is 3.31.